The molecule has 0 aliphatic carbocycles. The molecule has 106 valence electrons. The summed E-state index contributed by atoms with van der Waals surface area (Å²) < 4.78 is 22.7. The van der Waals surface area contributed by atoms with Crippen molar-refractivity contribution in [1.82, 2.24) is 0 Å². The summed E-state index contributed by atoms with van der Waals surface area (Å²) in [5.41, 5.74) is 0. The van der Waals surface area contributed by atoms with Gasteiger partial charge in [-0.2, -0.15) is 11.8 Å². The highest BCUT2D eigenvalue weighted by Crippen LogP contribution is 2.16. The van der Waals surface area contributed by atoms with Crippen molar-refractivity contribution < 1.29 is 18.7 Å². The fraction of sp³-hybridized carbons (Fsp3) is 0.500. The largest absolute Gasteiger partial charge is 0.494 e. The Balaban J connectivity index is 2.08. The summed E-state index contributed by atoms with van der Waals surface area (Å²) in [7, 11) is 1.40. The molecule has 1 aromatic rings. The molecule has 0 heterocycles. The number of esters is 1. The Morgan fingerprint density at radius 2 is 2.05 bits per heavy atom. The SMILES string of the molecule is COC(=O)CC(C)SCCCOc1ccc(F)cc1. The number of hydrogen-bond acceptors (Lipinski definition) is 4. The molecule has 5 heteroatoms. The Bertz CT molecular complexity index is 381. The first-order valence-corrected chi connectivity index (χ1v) is 7.23. The topological polar surface area (TPSA) is 35.5 Å². The summed E-state index contributed by atoms with van der Waals surface area (Å²) in [6.07, 6.45) is 1.31. The van der Waals surface area contributed by atoms with Crippen LogP contribution in [0, 0.1) is 5.82 Å². The summed E-state index contributed by atoms with van der Waals surface area (Å²) >= 11 is 1.72. The van der Waals surface area contributed by atoms with Crippen LogP contribution >= 0.6 is 11.8 Å². The van der Waals surface area contributed by atoms with Gasteiger partial charge < -0.3 is 9.47 Å². The van der Waals surface area contributed by atoms with Gasteiger partial charge >= 0.3 is 5.97 Å². The third-order valence-corrected chi connectivity index (χ3v) is 3.72. The van der Waals surface area contributed by atoms with Crippen LogP contribution in [0.5, 0.6) is 5.75 Å². The van der Waals surface area contributed by atoms with Gasteiger partial charge in [0.1, 0.15) is 11.6 Å². The lowest BCUT2D eigenvalue weighted by Gasteiger charge is -2.10. The van der Waals surface area contributed by atoms with E-state index in [0.29, 0.717) is 18.8 Å². The number of carbonyl (C=O) groups excluding carboxylic acids is 1. The number of carbonyl (C=O) groups is 1. The molecule has 0 radical (unpaired) electrons. The molecule has 0 N–H and O–H groups in total. The molecule has 3 nitrogen and oxygen atoms in total. The molecule has 0 saturated heterocycles. The van der Waals surface area contributed by atoms with Gasteiger partial charge in [-0.05, 0) is 36.4 Å². The van der Waals surface area contributed by atoms with Gasteiger partial charge in [0.05, 0.1) is 20.1 Å². The zero-order chi connectivity index (χ0) is 14.1. The quantitative estimate of drug-likeness (QED) is 0.543. The maximum Gasteiger partial charge on any atom is 0.306 e. The van der Waals surface area contributed by atoms with Crippen LogP contribution in [0.2, 0.25) is 0 Å². The summed E-state index contributed by atoms with van der Waals surface area (Å²) in [6, 6.07) is 5.98. The minimum absolute atomic E-state index is 0.178. The minimum Gasteiger partial charge on any atom is -0.494 e. The Hall–Kier alpha value is -1.23. The Morgan fingerprint density at radius 3 is 2.68 bits per heavy atom. The van der Waals surface area contributed by atoms with Crippen LogP contribution in [0.4, 0.5) is 4.39 Å². The molecule has 0 spiro atoms. The zero-order valence-electron chi connectivity index (χ0n) is 11.2. The van der Waals surface area contributed by atoms with E-state index in [1.54, 1.807) is 23.9 Å². The van der Waals surface area contributed by atoms with Crippen molar-refractivity contribution in [1.29, 1.82) is 0 Å². The number of benzene rings is 1. The van der Waals surface area contributed by atoms with E-state index >= 15 is 0 Å². The van der Waals surface area contributed by atoms with E-state index in [9.17, 15) is 9.18 Å². The fourth-order valence-corrected chi connectivity index (χ4v) is 2.38. The molecule has 0 saturated carbocycles. The lowest BCUT2D eigenvalue weighted by Crippen LogP contribution is -2.09. The van der Waals surface area contributed by atoms with Crippen LogP contribution in [0.15, 0.2) is 24.3 Å². The molecule has 0 bridgehead atoms. The number of ether oxygens (including phenoxy) is 2. The standard InChI is InChI=1S/C14H19FO3S/c1-11(10-14(16)17-2)19-9-3-8-18-13-6-4-12(15)5-7-13/h4-7,11H,3,8-10H2,1-2H3. The maximum atomic E-state index is 12.7. The van der Waals surface area contributed by atoms with E-state index in [0.717, 1.165) is 12.2 Å². The summed E-state index contributed by atoms with van der Waals surface area (Å²) in [4.78, 5) is 11.0. The van der Waals surface area contributed by atoms with Gasteiger partial charge in [0.2, 0.25) is 0 Å². The molecular formula is C14H19FO3S. The number of thioether (sulfide) groups is 1. The Kier molecular flexibility index (Phi) is 7.33. The maximum absolute atomic E-state index is 12.7. The lowest BCUT2D eigenvalue weighted by atomic mass is 10.3. The van der Waals surface area contributed by atoms with Crippen molar-refractivity contribution in [2.45, 2.75) is 25.0 Å². The first-order valence-electron chi connectivity index (χ1n) is 6.18. The molecule has 0 amide bonds. The normalized spacial score (nSPS) is 11.9. The van der Waals surface area contributed by atoms with Crippen LogP contribution in [-0.4, -0.2) is 30.7 Å². The Morgan fingerprint density at radius 1 is 1.37 bits per heavy atom. The van der Waals surface area contributed by atoms with E-state index in [-0.39, 0.29) is 17.0 Å². The third-order valence-electron chi connectivity index (χ3n) is 2.46. The highest BCUT2D eigenvalue weighted by Gasteiger charge is 2.08. The van der Waals surface area contributed by atoms with Crippen molar-refractivity contribution in [3.05, 3.63) is 30.1 Å². The van der Waals surface area contributed by atoms with E-state index in [2.05, 4.69) is 4.74 Å². The van der Waals surface area contributed by atoms with E-state index < -0.39 is 0 Å². The highest BCUT2D eigenvalue weighted by atomic mass is 32.2. The van der Waals surface area contributed by atoms with Crippen molar-refractivity contribution in [2.75, 3.05) is 19.5 Å². The number of hydrogen-bond donors (Lipinski definition) is 0. The minimum atomic E-state index is -0.264. The molecule has 0 fully saturated rings. The second-order valence-corrected chi connectivity index (χ2v) is 5.66. The highest BCUT2D eigenvalue weighted by molar-refractivity contribution is 7.99. The van der Waals surface area contributed by atoms with Crippen molar-refractivity contribution in [3.63, 3.8) is 0 Å². The van der Waals surface area contributed by atoms with Gasteiger partial charge in [0.15, 0.2) is 0 Å². The first-order chi connectivity index (χ1) is 9.11. The predicted molar refractivity (Wildman–Crippen MR) is 75.1 cm³/mol. The molecule has 1 aromatic carbocycles. The summed E-state index contributed by atoms with van der Waals surface area (Å²) in [5.74, 6) is 1.15. The summed E-state index contributed by atoms with van der Waals surface area (Å²) in [6.45, 7) is 2.59. The molecule has 19 heavy (non-hydrogen) atoms. The van der Waals surface area contributed by atoms with Crippen molar-refractivity contribution >= 4 is 17.7 Å². The number of methoxy groups -OCH3 is 1. The van der Waals surface area contributed by atoms with Gasteiger partial charge in [-0.25, -0.2) is 4.39 Å². The van der Waals surface area contributed by atoms with Crippen LogP contribution in [0.3, 0.4) is 0 Å². The van der Waals surface area contributed by atoms with Gasteiger partial charge in [0.25, 0.3) is 0 Å². The van der Waals surface area contributed by atoms with Gasteiger partial charge in [0, 0.05) is 5.25 Å². The van der Waals surface area contributed by atoms with Crippen LogP contribution in [-0.2, 0) is 9.53 Å². The van der Waals surface area contributed by atoms with E-state index in [4.69, 9.17) is 4.74 Å². The predicted octanol–water partition coefficient (Wildman–Crippen LogP) is 3.28. The molecule has 0 aliphatic heterocycles. The molecule has 1 atom stereocenters. The molecule has 1 rings (SSSR count). The number of halogens is 1. The second-order valence-electron chi connectivity index (χ2n) is 4.12. The fourth-order valence-electron chi connectivity index (χ4n) is 1.44. The van der Waals surface area contributed by atoms with Gasteiger partial charge in [-0.1, -0.05) is 6.92 Å². The van der Waals surface area contributed by atoms with Crippen LogP contribution in [0.25, 0.3) is 0 Å². The zero-order valence-corrected chi connectivity index (χ0v) is 12.0. The second kappa shape index (κ2) is 8.80. The third kappa shape index (κ3) is 7.06. The van der Waals surface area contributed by atoms with Gasteiger partial charge in [-0.3, -0.25) is 4.79 Å². The lowest BCUT2D eigenvalue weighted by molar-refractivity contribution is -0.140. The average molecular weight is 286 g/mol. The van der Waals surface area contributed by atoms with Crippen LogP contribution in [0.1, 0.15) is 19.8 Å². The average Bonchev–Trinajstić information content (AvgIpc) is 2.40. The first kappa shape index (κ1) is 15.8. The molecule has 0 aliphatic rings. The van der Waals surface area contributed by atoms with Crippen LogP contribution < -0.4 is 4.74 Å². The Labute approximate surface area is 117 Å². The van der Waals surface area contributed by atoms with Gasteiger partial charge in [-0.15, -0.1) is 0 Å². The monoisotopic (exact) mass is 286 g/mol. The van der Waals surface area contributed by atoms with E-state index in [1.165, 1.54) is 19.2 Å². The van der Waals surface area contributed by atoms with Crippen molar-refractivity contribution in [3.8, 4) is 5.75 Å². The molecule has 0 aromatic heterocycles. The summed E-state index contributed by atoms with van der Waals surface area (Å²) in [5, 5.41) is 0.248. The molecular weight excluding hydrogens is 267 g/mol. The van der Waals surface area contributed by atoms with Crippen molar-refractivity contribution in [2.24, 2.45) is 0 Å². The molecule has 1 unspecified atom stereocenters. The number of rotatable bonds is 8. The van der Waals surface area contributed by atoms with E-state index in [1.807, 2.05) is 6.92 Å². The smallest absolute Gasteiger partial charge is 0.306 e.